The van der Waals surface area contributed by atoms with E-state index in [0.29, 0.717) is 19.5 Å². The lowest BCUT2D eigenvalue weighted by Gasteiger charge is -2.36. The summed E-state index contributed by atoms with van der Waals surface area (Å²) < 4.78 is 0. The summed E-state index contributed by atoms with van der Waals surface area (Å²) in [5, 5.41) is 7.67. The van der Waals surface area contributed by atoms with E-state index in [-0.39, 0.29) is 29.9 Å². The third kappa shape index (κ3) is 7.91. The highest BCUT2D eigenvalue weighted by Crippen LogP contribution is 2.17. The van der Waals surface area contributed by atoms with Gasteiger partial charge in [0.2, 0.25) is 5.91 Å². The summed E-state index contributed by atoms with van der Waals surface area (Å²) in [6.07, 6.45) is 1.31. The number of piperazine rings is 1. The molecule has 1 aromatic heterocycles. The number of hydrogen-bond donors (Lipinski definition) is 2. The standard InChI is InChI=1S/C23H34N6OS.HI/c1-4-24-23(25-12-10-21-27-18(2)19(3)31-21)26-13-11-22(30)29-16-14-28(15-17-29)20-8-6-5-7-9-20;/h5-9H,4,10-17H2,1-3H3,(H2,24,25,26);1H. The van der Waals surface area contributed by atoms with E-state index in [9.17, 15) is 4.79 Å². The van der Waals surface area contributed by atoms with Crippen LogP contribution in [-0.2, 0) is 11.2 Å². The molecule has 7 nitrogen and oxygen atoms in total. The van der Waals surface area contributed by atoms with Crippen molar-refractivity contribution < 1.29 is 4.79 Å². The fraction of sp³-hybridized carbons (Fsp3) is 0.522. The van der Waals surface area contributed by atoms with Gasteiger partial charge in [0.1, 0.15) is 0 Å². The lowest BCUT2D eigenvalue weighted by Crippen LogP contribution is -2.49. The number of carbonyl (C=O) groups excluding carboxylic acids is 1. The highest BCUT2D eigenvalue weighted by atomic mass is 127. The van der Waals surface area contributed by atoms with E-state index >= 15 is 0 Å². The Balaban J connectivity index is 0.00000363. The van der Waals surface area contributed by atoms with Crippen molar-refractivity contribution in [3.05, 3.63) is 45.9 Å². The molecule has 1 amide bonds. The minimum Gasteiger partial charge on any atom is -0.368 e. The van der Waals surface area contributed by atoms with E-state index in [1.165, 1.54) is 10.6 Å². The van der Waals surface area contributed by atoms with Gasteiger partial charge in [-0.05, 0) is 32.9 Å². The molecule has 1 aliphatic rings. The number of nitrogens with zero attached hydrogens (tertiary/aromatic N) is 4. The van der Waals surface area contributed by atoms with Crippen molar-refractivity contribution in [3.63, 3.8) is 0 Å². The van der Waals surface area contributed by atoms with Gasteiger partial charge in [-0.15, -0.1) is 35.3 Å². The maximum Gasteiger partial charge on any atom is 0.224 e. The van der Waals surface area contributed by atoms with E-state index in [1.807, 2.05) is 24.8 Å². The third-order valence-corrected chi connectivity index (χ3v) is 6.53. The van der Waals surface area contributed by atoms with Gasteiger partial charge in [0.25, 0.3) is 0 Å². The number of nitrogens with one attached hydrogen (secondary N) is 2. The number of halogens is 1. The second kappa shape index (κ2) is 13.6. The second-order valence-electron chi connectivity index (χ2n) is 7.64. The summed E-state index contributed by atoms with van der Waals surface area (Å²) >= 11 is 1.74. The summed E-state index contributed by atoms with van der Waals surface area (Å²) in [6, 6.07) is 10.4. The summed E-state index contributed by atoms with van der Waals surface area (Å²) in [7, 11) is 0. The number of aliphatic imine (C=N–C) groups is 1. The number of carbonyl (C=O) groups is 1. The van der Waals surface area contributed by atoms with Crippen LogP contribution in [0.15, 0.2) is 35.3 Å². The molecule has 0 spiro atoms. The molecule has 32 heavy (non-hydrogen) atoms. The molecular formula is C23H35IN6OS. The van der Waals surface area contributed by atoms with Crippen LogP contribution < -0.4 is 15.5 Å². The number of anilines is 1. The molecule has 1 saturated heterocycles. The lowest BCUT2D eigenvalue weighted by atomic mass is 10.2. The number of guanidine groups is 1. The van der Waals surface area contributed by atoms with E-state index in [0.717, 1.165) is 55.8 Å². The third-order valence-electron chi connectivity index (χ3n) is 5.40. The van der Waals surface area contributed by atoms with Crippen LogP contribution in [0.4, 0.5) is 5.69 Å². The molecule has 1 aliphatic heterocycles. The quantitative estimate of drug-likeness (QED) is 0.290. The van der Waals surface area contributed by atoms with Crippen LogP contribution in [0.3, 0.4) is 0 Å². The van der Waals surface area contributed by atoms with E-state index in [1.54, 1.807) is 11.3 Å². The molecule has 0 unspecified atom stereocenters. The molecule has 0 bridgehead atoms. The SMILES string of the molecule is CCNC(=NCCc1nc(C)c(C)s1)NCCC(=O)N1CCN(c2ccccc2)CC1.I. The average Bonchev–Trinajstić information content (AvgIpc) is 3.11. The number of aromatic nitrogens is 1. The number of rotatable bonds is 8. The summed E-state index contributed by atoms with van der Waals surface area (Å²) in [6.45, 7) is 11.5. The lowest BCUT2D eigenvalue weighted by molar-refractivity contribution is -0.131. The zero-order valence-electron chi connectivity index (χ0n) is 19.3. The van der Waals surface area contributed by atoms with Crippen molar-refractivity contribution in [2.45, 2.75) is 33.6 Å². The number of thiazole rings is 1. The summed E-state index contributed by atoms with van der Waals surface area (Å²) in [5.41, 5.74) is 2.34. The molecule has 1 aromatic carbocycles. The molecular weight excluding hydrogens is 535 g/mol. The van der Waals surface area contributed by atoms with Gasteiger partial charge in [-0.3, -0.25) is 9.79 Å². The fourth-order valence-corrected chi connectivity index (χ4v) is 4.47. The Hall–Kier alpha value is -1.88. The Kier molecular flexibility index (Phi) is 11.2. The van der Waals surface area contributed by atoms with Crippen molar-refractivity contribution in [2.75, 3.05) is 50.7 Å². The number of hydrogen-bond acceptors (Lipinski definition) is 5. The minimum atomic E-state index is 0. The molecule has 2 heterocycles. The zero-order valence-corrected chi connectivity index (χ0v) is 22.4. The minimum absolute atomic E-state index is 0. The molecule has 1 fully saturated rings. The van der Waals surface area contributed by atoms with Crippen molar-refractivity contribution in [3.8, 4) is 0 Å². The molecule has 0 saturated carbocycles. The van der Waals surface area contributed by atoms with Crippen molar-refractivity contribution in [1.29, 1.82) is 0 Å². The van der Waals surface area contributed by atoms with Crippen LogP contribution in [0.1, 0.15) is 28.9 Å². The van der Waals surface area contributed by atoms with Gasteiger partial charge >= 0.3 is 0 Å². The largest absolute Gasteiger partial charge is 0.368 e. The monoisotopic (exact) mass is 570 g/mol. The molecule has 0 atom stereocenters. The zero-order chi connectivity index (χ0) is 22.1. The Labute approximate surface area is 212 Å². The maximum absolute atomic E-state index is 12.6. The van der Waals surface area contributed by atoms with Gasteiger partial charge < -0.3 is 20.4 Å². The topological polar surface area (TPSA) is 72.9 Å². The first-order valence-corrected chi connectivity index (χ1v) is 11.9. The Morgan fingerprint density at radius 2 is 1.84 bits per heavy atom. The molecule has 0 radical (unpaired) electrons. The van der Waals surface area contributed by atoms with Crippen LogP contribution in [0.5, 0.6) is 0 Å². The van der Waals surface area contributed by atoms with Crippen LogP contribution >= 0.6 is 35.3 Å². The molecule has 2 N–H and O–H groups in total. The first kappa shape index (κ1) is 26.4. The van der Waals surface area contributed by atoms with E-state index in [4.69, 9.17) is 0 Å². The van der Waals surface area contributed by atoms with E-state index in [2.05, 4.69) is 56.7 Å². The highest BCUT2D eigenvalue weighted by Gasteiger charge is 2.20. The summed E-state index contributed by atoms with van der Waals surface area (Å²) in [5.74, 6) is 0.957. The predicted octanol–water partition coefficient (Wildman–Crippen LogP) is 3.21. The smallest absolute Gasteiger partial charge is 0.224 e. The van der Waals surface area contributed by atoms with Gasteiger partial charge in [0, 0.05) is 69.2 Å². The number of amides is 1. The van der Waals surface area contributed by atoms with Gasteiger partial charge in [0.15, 0.2) is 5.96 Å². The second-order valence-corrected chi connectivity index (χ2v) is 8.93. The van der Waals surface area contributed by atoms with Crippen LogP contribution in [0.2, 0.25) is 0 Å². The number of aryl methyl sites for hydroxylation is 2. The Morgan fingerprint density at radius 3 is 2.47 bits per heavy atom. The molecule has 176 valence electrons. The van der Waals surface area contributed by atoms with Crippen molar-refractivity contribution in [2.24, 2.45) is 4.99 Å². The highest BCUT2D eigenvalue weighted by molar-refractivity contribution is 14.0. The average molecular weight is 571 g/mol. The van der Waals surface area contributed by atoms with E-state index < -0.39 is 0 Å². The van der Waals surface area contributed by atoms with Gasteiger partial charge in [-0.2, -0.15) is 0 Å². The van der Waals surface area contributed by atoms with Crippen LogP contribution in [0, 0.1) is 13.8 Å². The first-order valence-electron chi connectivity index (χ1n) is 11.1. The number of benzene rings is 1. The predicted molar refractivity (Wildman–Crippen MR) is 145 cm³/mol. The molecule has 0 aliphatic carbocycles. The first-order chi connectivity index (χ1) is 15.1. The molecule has 3 rings (SSSR count). The van der Waals surface area contributed by atoms with Crippen LogP contribution in [-0.4, -0.2) is 67.6 Å². The maximum atomic E-state index is 12.6. The van der Waals surface area contributed by atoms with Crippen LogP contribution in [0.25, 0.3) is 0 Å². The van der Waals surface area contributed by atoms with Gasteiger partial charge in [-0.25, -0.2) is 4.98 Å². The van der Waals surface area contributed by atoms with Gasteiger partial charge in [0.05, 0.1) is 10.7 Å². The Bertz CT molecular complexity index is 845. The van der Waals surface area contributed by atoms with Gasteiger partial charge in [-0.1, -0.05) is 18.2 Å². The summed E-state index contributed by atoms with van der Waals surface area (Å²) in [4.78, 5) is 27.4. The van der Waals surface area contributed by atoms with Crippen molar-refractivity contribution >= 4 is 52.9 Å². The molecule has 9 heteroatoms. The number of para-hydroxylation sites is 1. The van der Waals surface area contributed by atoms with Crippen molar-refractivity contribution in [1.82, 2.24) is 20.5 Å². The Morgan fingerprint density at radius 1 is 1.12 bits per heavy atom. The fourth-order valence-electron chi connectivity index (χ4n) is 3.55. The normalized spacial score (nSPS) is 14.2. The molecule has 2 aromatic rings.